The second-order valence-corrected chi connectivity index (χ2v) is 4.28. The second kappa shape index (κ2) is 3.94. The van der Waals surface area contributed by atoms with Gasteiger partial charge in [-0.1, -0.05) is 6.07 Å². The van der Waals surface area contributed by atoms with Gasteiger partial charge in [0.1, 0.15) is 5.76 Å². The van der Waals surface area contributed by atoms with Crippen LogP contribution in [0.15, 0.2) is 27.4 Å². The molecule has 2 aromatic rings. The Labute approximate surface area is 104 Å². The Kier molecular flexibility index (Phi) is 2.40. The fourth-order valence-electron chi connectivity index (χ4n) is 1.99. The van der Waals surface area contributed by atoms with E-state index in [1.54, 1.807) is 11.5 Å². The van der Waals surface area contributed by atoms with E-state index in [9.17, 15) is 4.79 Å². The normalized spacial score (nSPS) is 13.0. The zero-order valence-electron chi connectivity index (χ0n) is 10.2. The summed E-state index contributed by atoms with van der Waals surface area (Å²) in [4.78, 5) is 11.6. The number of benzene rings is 1. The molecule has 0 fully saturated rings. The molecule has 94 valence electrons. The van der Waals surface area contributed by atoms with Crippen molar-refractivity contribution in [2.45, 2.75) is 20.4 Å². The number of nitrogens with zero attached hydrogens (tertiary/aromatic N) is 1. The van der Waals surface area contributed by atoms with Crippen LogP contribution in [-0.4, -0.2) is 11.4 Å². The van der Waals surface area contributed by atoms with E-state index in [0.29, 0.717) is 12.3 Å². The highest BCUT2D eigenvalue weighted by molar-refractivity contribution is 5.44. The molecule has 0 saturated carbocycles. The van der Waals surface area contributed by atoms with E-state index in [-0.39, 0.29) is 12.5 Å². The van der Waals surface area contributed by atoms with Crippen LogP contribution >= 0.6 is 0 Å². The summed E-state index contributed by atoms with van der Waals surface area (Å²) in [6.07, 6.45) is 0. The van der Waals surface area contributed by atoms with Crippen molar-refractivity contribution in [2.24, 2.45) is 0 Å². The molecule has 1 aliphatic rings. The first-order valence-electron chi connectivity index (χ1n) is 5.70. The SMILES string of the molecule is Cc1oc(=O)n(Cc2ccc3c(c2)OCO3)c1C. The number of fused-ring (bicyclic) bond motifs is 1. The molecule has 2 heterocycles. The number of oxazole rings is 1. The van der Waals surface area contributed by atoms with Crippen molar-refractivity contribution in [1.82, 2.24) is 4.57 Å². The van der Waals surface area contributed by atoms with Crippen LogP contribution in [0.5, 0.6) is 11.5 Å². The summed E-state index contributed by atoms with van der Waals surface area (Å²) in [6, 6.07) is 5.66. The summed E-state index contributed by atoms with van der Waals surface area (Å²) >= 11 is 0. The van der Waals surface area contributed by atoms with E-state index in [0.717, 1.165) is 22.8 Å². The van der Waals surface area contributed by atoms with Crippen LogP contribution in [0, 0.1) is 13.8 Å². The lowest BCUT2D eigenvalue weighted by atomic mass is 10.2. The molecule has 0 unspecified atom stereocenters. The molecular formula is C13H13NO4. The monoisotopic (exact) mass is 247 g/mol. The summed E-state index contributed by atoms with van der Waals surface area (Å²) in [5.74, 6) is 1.79. The molecule has 0 spiro atoms. The van der Waals surface area contributed by atoms with Gasteiger partial charge in [0.05, 0.1) is 12.2 Å². The summed E-state index contributed by atoms with van der Waals surface area (Å²) < 4.78 is 17.2. The van der Waals surface area contributed by atoms with Gasteiger partial charge in [0, 0.05) is 0 Å². The second-order valence-electron chi connectivity index (χ2n) is 4.28. The van der Waals surface area contributed by atoms with E-state index in [1.807, 2.05) is 25.1 Å². The van der Waals surface area contributed by atoms with Crippen molar-refractivity contribution < 1.29 is 13.9 Å². The van der Waals surface area contributed by atoms with E-state index in [2.05, 4.69) is 0 Å². The van der Waals surface area contributed by atoms with Gasteiger partial charge in [-0.3, -0.25) is 4.57 Å². The summed E-state index contributed by atoms with van der Waals surface area (Å²) in [7, 11) is 0. The summed E-state index contributed by atoms with van der Waals surface area (Å²) in [6.45, 7) is 4.38. The lowest BCUT2D eigenvalue weighted by Gasteiger charge is -2.04. The Hall–Kier alpha value is -2.17. The Balaban J connectivity index is 1.95. The summed E-state index contributed by atoms with van der Waals surface area (Å²) in [5.41, 5.74) is 1.82. The van der Waals surface area contributed by atoms with Gasteiger partial charge in [0.25, 0.3) is 0 Å². The third-order valence-corrected chi connectivity index (χ3v) is 3.15. The van der Waals surface area contributed by atoms with Gasteiger partial charge in [-0.15, -0.1) is 0 Å². The van der Waals surface area contributed by atoms with Gasteiger partial charge in [-0.05, 0) is 31.5 Å². The van der Waals surface area contributed by atoms with Crippen LogP contribution in [0.3, 0.4) is 0 Å². The fourth-order valence-corrected chi connectivity index (χ4v) is 1.99. The van der Waals surface area contributed by atoms with Gasteiger partial charge >= 0.3 is 5.76 Å². The molecule has 0 aliphatic carbocycles. The Morgan fingerprint density at radius 2 is 2.00 bits per heavy atom. The van der Waals surface area contributed by atoms with E-state index < -0.39 is 0 Å². The third kappa shape index (κ3) is 1.68. The Morgan fingerprint density at radius 1 is 1.22 bits per heavy atom. The van der Waals surface area contributed by atoms with Crippen molar-refractivity contribution in [3.05, 3.63) is 45.8 Å². The van der Waals surface area contributed by atoms with Crippen LogP contribution in [0.4, 0.5) is 0 Å². The van der Waals surface area contributed by atoms with Gasteiger partial charge in [-0.2, -0.15) is 0 Å². The molecule has 0 amide bonds. The molecule has 3 rings (SSSR count). The quantitative estimate of drug-likeness (QED) is 0.812. The van der Waals surface area contributed by atoms with Gasteiger partial charge in [0.2, 0.25) is 6.79 Å². The lowest BCUT2D eigenvalue weighted by Crippen LogP contribution is -2.16. The highest BCUT2D eigenvalue weighted by Gasteiger charge is 2.15. The molecule has 1 aromatic heterocycles. The Bertz CT molecular complexity index is 653. The molecular weight excluding hydrogens is 234 g/mol. The first-order chi connectivity index (χ1) is 8.65. The fraction of sp³-hybridized carbons (Fsp3) is 0.308. The summed E-state index contributed by atoms with van der Waals surface area (Å²) in [5, 5.41) is 0. The maximum absolute atomic E-state index is 11.6. The number of rotatable bonds is 2. The molecule has 1 aliphatic heterocycles. The van der Waals surface area contributed by atoms with Gasteiger partial charge in [0.15, 0.2) is 11.5 Å². The molecule has 0 N–H and O–H groups in total. The molecule has 1 aromatic carbocycles. The van der Waals surface area contributed by atoms with Crippen molar-refractivity contribution in [3.8, 4) is 11.5 Å². The van der Waals surface area contributed by atoms with Crippen LogP contribution in [0.1, 0.15) is 17.0 Å². The average Bonchev–Trinajstić information content (AvgIpc) is 2.89. The number of ether oxygens (including phenoxy) is 2. The maximum atomic E-state index is 11.6. The minimum atomic E-state index is -0.331. The van der Waals surface area contributed by atoms with Crippen molar-refractivity contribution in [3.63, 3.8) is 0 Å². The Morgan fingerprint density at radius 3 is 2.72 bits per heavy atom. The molecule has 5 heteroatoms. The van der Waals surface area contributed by atoms with Crippen LogP contribution in [0.2, 0.25) is 0 Å². The van der Waals surface area contributed by atoms with E-state index >= 15 is 0 Å². The zero-order valence-corrected chi connectivity index (χ0v) is 10.2. The first kappa shape index (κ1) is 11.0. The largest absolute Gasteiger partial charge is 0.454 e. The molecule has 0 bridgehead atoms. The van der Waals surface area contributed by atoms with Crippen LogP contribution in [0.25, 0.3) is 0 Å². The van der Waals surface area contributed by atoms with Gasteiger partial charge in [-0.25, -0.2) is 4.79 Å². The predicted octanol–water partition coefficient (Wildman–Crippen LogP) is 1.84. The van der Waals surface area contributed by atoms with E-state index in [1.165, 1.54) is 0 Å². The van der Waals surface area contributed by atoms with E-state index in [4.69, 9.17) is 13.9 Å². The molecule has 0 radical (unpaired) electrons. The average molecular weight is 247 g/mol. The standard InChI is InChI=1S/C13H13NO4/c1-8-9(2)18-13(15)14(8)6-10-3-4-11-12(5-10)17-7-16-11/h3-5H,6-7H2,1-2H3. The lowest BCUT2D eigenvalue weighted by molar-refractivity contribution is 0.174. The highest BCUT2D eigenvalue weighted by atomic mass is 16.7. The number of aryl methyl sites for hydroxylation is 1. The number of hydrogen-bond acceptors (Lipinski definition) is 4. The number of hydrogen-bond donors (Lipinski definition) is 0. The molecule has 0 atom stereocenters. The number of aromatic nitrogens is 1. The van der Waals surface area contributed by atoms with Crippen molar-refractivity contribution in [2.75, 3.05) is 6.79 Å². The first-order valence-corrected chi connectivity index (χ1v) is 5.70. The molecule has 0 saturated heterocycles. The minimum Gasteiger partial charge on any atom is -0.454 e. The van der Waals surface area contributed by atoms with Crippen molar-refractivity contribution >= 4 is 0 Å². The zero-order chi connectivity index (χ0) is 12.7. The third-order valence-electron chi connectivity index (χ3n) is 3.15. The maximum Gasteiger partial charge on any atom is 0.419 e. The smallest absolute Gasteiger partial charge is 0.419 e. The predicted molar refractivity (Wildman–Crippen MR) is 64.1 cm³/mol. The van der Waals surface area contributed by atoms with Crippen LogP contribution in [-0.2, 0) is 6.54 Å². The van der Waals surface area contributed by atoms with Crippen molar-refractivity contribution in [1.29, 1.82) is 0 Å². The highest BCUT2D eigenvalue weighted by Crippen LogP contribution is 2.32. The van der Waals surface area contributed by atoms with Gasteiger partial charge < -0.3 is 13.9 Å². The molecule has 5 nitrogen and oxygen atoms in total. The molecule has 18 heavy (non-hydrogen) atoms. The van der Waals surface area contributed by atoms with Crippen LogP contribution < -0.4 is 15.2 Å². The topological polar surface area (TPSA) is 53.6 Å². The minimum absolute atomic E-state index is 0.253.